The fourth-order valence-corrected chi connectivity index (χ4v) is 5.44. The number of hydrogen-bond donors (Lipinski definition) is 1. The molecule has 1 saturated heterocycles. The maximum atomic E-state index is 13.5. The van der Waals surface area contributed by atoms with Crippen LogP contribution < -0.4 is 15.1 Å². The molecule has 4 aromatic rings. The lowest BCUT2D eigenvalue weighted by molar-refractivity contribution is -0.112. The Morgan fingerprint density at radius 3 is 2.24 bits per heavy atom. The Balaban J connectivity index is 1.26. The van der Waals surface area contributed by atoms with Gasteiger partial charge in [-0.2, -0.15) is 0 Å². The van der Waals surface area contributed by atoms with E-state index in [2.05, 4.69) is 34.2 Å². The molecule has 8 heteroatoms. The average molecular weight is 552 g/mol. The molecule has 212 valence electrons. The van der Waals surface area contributed by atoms with E-state index in [0.29, 0.717) is 24.4 Å². The van der Waals surface area contributed by atoms with Crippen LogP contribution in [0.15, 0.2) is 72.8 Å². The number of nitrogens with zero attached hydrogens (tertiary/aromatic N) is 4. The lowest BCUT2D eigenvalue weighted by Gasteiger charge is -2.37. The Morgan fingerprint density at radius 2 is 1.59 bits per heavy atom. The zero-order valence-corrected chi connectivity index (χ0v) is 24.2. The quantitative estimate of drug-likeness (QED) is 0.232. The number of aryl methyl sites for hydroxylation is 2. The van der Waals surface area contributed by atoms with Crippen molar-refractivity contribution < 1.29 is 14.3 Å². The lowest BCUT2D eigenvalue weighted by Crippen LogP contribution is -2.46. The first-order valence-electron chi connectivity index (χ1n) is 14.0. The number of aromatic nitrogens is 2. The molecule has 2 aromatic carbocycles. The first-order chi connectivity index (χ1) is 19.8. The number of Topliss-reactive ketones (excluding diaryl/α,β-unsaturated/α-hetero) is 1. The third kappa shape index (κ3) is 6.33. The maximum absolute atomic E-state index is 13.5. The number of piperazine rings is 1. The summed E-state index contributed by atoms with van der Waals surface area (Å²) in [7, 11) is 3.47. The molecule has 1 aliphatic heterocycles. The number of ketones is 1. The van der Waals surface area contributed by atoms with E-state index < -0.39 is 11.7 Å². The number of carbonyl (C=O) groups excluding carboxylic acids is 2. The summed E-state index contributed by atoms with van der Waals surface area (Å²) < 4.78 is 7.05. The van der Waals surface area contributed by atoms with Gasteiger partial charge in [0.2, 0.25) is 0 Å². The van der Waals surface area contributed by atoms with E-state index >= 15 is 0 Å². The Morgan fingerprint density at radius 1 is 0.902 bits per heavy atom. The SMILES string of the molecule is COCCc1cc(-c2ccccc2)c(C(=O)C(=O)Nc2ccc(N3CCN(c4cc(C)cc(C)n4)CC3)cc2)n1C. The van der Waals surface area contributed by atoms with Crippen LogP contribution in [0.1, 0.15) is 27.4 Å². The highest BCUT2D eigenvalue weighted by molar-refractivity contribution is 6.47. The fraction of sp³-hybridized carbons (Fsp3) is 0.303. The summed E-state index contributed by atoms with van der Waals surface area (Å²) in [6, 6.07) is 23.6. The lowest BCUT2D eigenvalue weighted by atomic mass is 10.0. The van der Waals surface area contributed by atoms with Gasteiger partial charge in [0.05, 0.1) is 6.61 Å². The molecular formula is C33H37N5O3. The number of carbonyl (C=O) groups is 2. The van der Waals surface area contributed by atoms with E-state index in [9.17, 15) is 9.59 Å². The van der Waals surface area contributed by atoms with Gasteiger partial charge in [-0.25, -0.2) is 4.98 Å². The highest BCUT2D eigenvalue weighted by atomic mass is 16.5. The van der Waals surface area contributed by atoms with Gasteiger partial charge in [-0.15, -0.1) is 0 Å². The molecule has 0 saturated carbocycles. The van der Waals surface area contributed by atoms with E-state index in [0.717, 1.165) is 60.2 Å². The second-order valence-corrected chi connectivity index (χ2v) is 10.5. The monoisotopic (exact) mass is 551 g/mol. The largest absolute Gasteiger partial charge is 0.384 e. The van der Waals surface area contributed by atoms with Crippen molar-refractivity contribution >= 4 is 28.9 Å². The summed E-state index contributed by atoms with van der Waals surface area (Å²) in [5.74, 6) is -0.205. The van der Waals surface area contributed by atoms with Crippen LogP contribution in [0.25, 0.3) is 11.1 Å². The van der Waals surface area contributed by atoms with Crippen LogP contribution in [0, 0.1) is 13.8 Å². The van der Waals surface area contributed by atoms with Crippen LogP contribution in [0.3, 0.4) is 0 Å². The summed E-state index contributed by atoms with van der Waals surface area (Å²) in [6.07, 6.45) is 0.637. The second kappa shape index (κ2) is 12.4. The molecule has 0 aliphatic carbocycles. The Hall–Kier alpha value is -4.43. The van der Waals surface area contributed by atoms with Gasteiger partial charge >= 0.3 is 0 Å². The third-order valence-corrected chi connectivity index (χ3v) is 7.58. The molecular weight excluding hydrogens is 514 g/mol. The predicted molar refractivity (Wildman–Crippen MR) is 164 cm³/mol. The average Bonchev–Trinajstić information content (AvgIpc) is 3.31. The Kier molecular flexibility index (Phi) is 8.50. The van der Waals surface area contributed by atoms with Crippen molar-refractivity contribution in [2.75, 3.05) is 55.0 Å². The minimum atomic E-state index is -0.663. The van der Waals surface area contributed by atoms with Crippen molar-refractivity contribution in [3.63, 3.8) is 0 Å². The Bertz CT molecular complexity index is 1500. The number of benzene rings is 2. The van der Waals surface area contributed by atoms with Gasteiger partial charge in [0.1, 0.15) is 11.5 Å². The molecule has 0 spiro atoms. The standard InChI is InChI=1S/C33H37N5O3/c1-23-20-24(2)34-30(21-23)38-17-15-37(16-18-38)27-12-10-26(11-13-27)35-33(40)32(39)31-29(25-8-6-5-7-9-25)22-28(36(31)3)14-19-41-4/h5-13,20-22H,14-19H2,1-4H3,(H,35,40). The first-order valence-corrected chi connectivity index (χ1v) is 14.0. The van der Waals surface area contributed by atoms with E-state index in [-0.39, 0.29) is 0 Å². The molecule has 41 heavy (non-hydrogen) atoms. The summed E-state index contributed by atoms with van der Waals surface area (Å²) in [6.45, 7) is 8.18. The van der Waals surface area contributed by atoms with Crippen LogP contribution in [0.2, 0.25) is 0 Å². The zero-order chi connectivity index (χ0) is 28.9. The highest BCUT2D eigenvalue weighted by Gasteiger charge is 2.26. The summed E-state index contributed by atoms with van der Waals surface area (Å²) in [5, 5.41) is 2.81. The topological polar surface area (TPSA) is 79.7 Å². The molecule has 0 atom stereocenters. The number of hydrogen-bond acceptors (Lipinski definition) is 6. The highest BCUT2D eigenvalue weighted by Crippen LogP contribution is 2.28. The molecule has 1 fully saturated rings. The van der Waals surface area contributed by atoms with E-state index in [1.807, 2.05) is 74.6 Å². The molecule has 0 unspecified atom stereocenters. The van der Waals surface area contributed by atoms with Crippen molar-refractivity contribution in [3.8, 4) is 11.1 Å². The van der Waals surface area contributed by atoms with Crippen molar-refractivity contribution in [2.45, 2.75) is 20.3 Å². The van der Waals surface area contributed by atoms with Crippen LogP contribution in [0.5, 0.6) is 0 Å². The van der Waals surface area contributed by atoms with Gasteiger partial charge in [0, 0.05) is 75.1 Å². The van der Waals surface area contributed by atoms with Gasteiger partial charge < -0.3 is 24.4 Å². The molecule has 1 amide bonds. The van der Waals surface area contributed by atoms with Gasteiger partial charge in [0.25, 0.3) is 11.7 Å². The van der Waals surface area contributed by atoms with E-state index in [1.54, 1.807) is 11.7 Å². The van der Waals surface area contributed by atoms with Crippen LogP contribution >= 0.6 is 0 Å². The van der Waals surface area contributed by atoms with Gasteiger partial charge in [-0.1, -0.05) is 30.3 Å². The number of rotatable bonds is 9. The summed E-state index contributed by atoms with van der Waals surface area (Å²) in [4.78, 5) is 36.0. The van der Waals surface area contributed by atoms with Crippen LogP contribution in [0.4, 0.5) is 17.2 Å². The first kappa shape index (κ1) is 28.1. The number of ether oxygens (including phenoxy) is 1. The molecule has 2 aromatic heterocycles. The van der Waals surface area contributed by atoms with Gasteiger partial charge in [-0.05, 0) is 67.4 Å². The van der Waals surface area contributed by atoms with Crippen molar-refractivity contribution in [1.82, 2.24) is 9.55 Å². The molecule has 5 rings (SSSR count). The van der Waals surface area contributed by atoms with Crippen molar-refractivity contribution in [2.24, 2.45) is 7.05 Å². The minimum Gasteiger partial charge on any atom is -0.384 e. The van der Waals surface area contributed by atoms with Crippen LogP contribution in [-0.4, -0.2) is 61.1 Å². The molecule has 0 bridgehead atoms. The molecule has 1 N–H and O–H groups in total. The Labute approximate surface area is 241 Å². The minimum absolute atomic E-state index is 0.368. The molecule has 0 radical (unpaired) electrons. The fourth-order valence-electron chi connectivity index (χ4n) is 5.44. The van der Waals surface area contributed by atoms with E-state index in [4.69, 9.17) is 9.72 Å². The second-order valence-electron chi connectivity index (χ2n) is 10.5. The van der Waals surface area contributed by atoms with Crippen LogP contribution in [-0.2, 0) is 23.0 Å². The van der Waals surface area contributed by atoms with Gasteiger partial charge in [-0.3, -0.25) is 9.59 Å². The smallest absolute Gasteiger partial charge is 0.298 e. The number of nitrogens with one attached hydrogen (secondary N) is 1. The van der Waals surface area contributed by atoms with Gasteiger partial charge in [0.15, 0.2) is 0 Å². The number of anilines is 3. The summed E-state index contributed by atoms with van der Waals surface area (Å²) in [5.41, 5.74) is 6.85. The zero-order valence-electron chi connectivity index (χ0n) is 24.2. The normalized spacial score (nSPS) is 13.4. The number of amides is 1. The number of methoxy groups -OCH3 is 1. The van der Waals surface area contributed by atoms with E-state index in [1.165, 1.54) is 5.56 Å². The molecule has 1 aliphatic rings. The number of pyridine rings is 1. The molecule has 3 heterocycles. The predicted octanol–water partition coefficient (Wildman–Crippen LogP) is 5.04. The summed E-state index contributed by atoms with van der Waals surface area (Å²) >= 11 is 0. The maximum Gasteiger partial charge on any atom is 0.298 e. The van der Waals surface area contributed by atoms with Crippen molar-refractivity contribution in [3.05, 3.63) is 95.4 Å². The molecule has 8 nitrogen and oxygen atoms in total. The third-order valence-electron chi connectivity index (χ3n) is 7.58. The van der Waals surface area contributed by atoms with Crippen molar-refractivity contribution in [1.29, 1.82) is 0 Å².